The fraction of sp³-hybridized carbons (Fsp3) is 0.333. The van der Waals surface area contributed by atoms with Gasteiger partial charge in [0.2, 0.25) is 0 Å². The summed E-state index contributed by atoms with van der Waals surface area (Å²) in [5.74, 6) is 0.897. The van der Waals surface area contributed by atoms with Gasteiger partial charge in [-0.15, -0.1) is 11.3 Å². The molecule has 5 heteroatoms. The van der Waals surface area contributed by atoms with Crippen molar-refractivity contribution >= 4 is 34.5 Å². The van der Waals surface area contributed by atoms with Crippen LogP contribution in [0.4, 0.5) is 0 Å². The summed E-state index contributed by atoms with van der Waals surface area (Å²) in [6.07, 6.45) is 0.800. The molecule has 1 heterocycles. The normalized spacial score (nSPS) is 12.4. The predicted octanol–water partition coefficient (Wildman–Crippen LogP) is 4.88. The van der Waals surface area contributed by atoms with E-state index in [0.717, 1.165) is 27.6 Å². The number of nitrogens with one attached hydrogen (secondary N) is 1. The second kappa shape index (κ2) is 6.81. The van der Waals surface area contributed by atoms with E-state index in [4.69, 9.17) is 27.9 Å². The SMILES string of the molecule is CNC(Cc1cc(C)ccc1OC)c1cc(Cl)sc1Cl. The summed E-state index contributed by atoms with van der Waals surface area (Å²) in [6.45, 7) is 2.08. The summed E-state index contributed by atoms with van der Waals surface area (Å²) < 4.78 is 6.88. The number of ether oxygens (including phenoxy) is 1. The van der Waals surface area contributed by atoms with E-state index in [0.29, 0.717) is 4.34 Å². The molecule has 0 bridgehead atoms. The average molecular weight is 330 g/mol. The maximum atomic E-state index is 6.25. The van der Waals surface area contributed by atoms with Gasteiger partial charge < -0.3 is 10.1 Å². The molecule has 0 radical (unpaired) electrons. The summed E-state index contributed by atoms with van der Waals surface area (Å²) in [7, 11) is 3.62. The zero-order valence-corrected chi connectivity index (χ0v) is 14.0. The number of hydrogen-bond donors (Lipinski definition) is 1. The number of hydrogen-bond acceptors (Lipinski definition) is 3. The molecular formula is C15H17Cl2NOS. The van der Waals surface area contributed by atoms with Gasteiger partial charge in [-0.3, -0.25) is 0 Å². The van der Waals surface area contributed by atoms with Gasteiger partial charge in [0.1, 0.15) is 5.75 Å². The number of halogens is 2. The Morgan fingerprint density at radius 3 is 2.60 bits per heavy atom. The van der Waals surface area contributed by atoms with Crippen LogP contribution in [0.25, 0.3) is 0 Å². The molecule has 20 heavy (non-hydrogen) atoms. The van der Waals surface area contributed by atoms with Crippen molar-refractivity contribution in [2.45, 2.75) is 19.4 Å². The van der Waals surface area contributed by atoms with Crippen molar-refractivity contribution in [3.63, 3.8) is 0 Å². The van der Waals surface area contributed by atoms with E-state index in [1.165, 1.54) is 16.9 Å². The average Bonchev–Trinajstić information content (AvgIpc) is 2.75. The standard InChI is InChI=1S/C15H17Cl2NOS/c1-9-4-5-13(19-3)10(6-9)7-12(18-2)11-8-14(16)20-15(11)17/h4-6,8,12,18H,7H2,1-3H3. The van der Waals surface area contributed by atoms with E-state index in [2.05, 4.69) is 18.3 Å². The van der Waals surface area contributed by atoms with Gasteiger partial charge in [-0.2, -0.15) is 0 Å². The molecule has 108 valence electrons. The number of benzene rings is 1. The van der Waals surface area contributed by atoms with Gasteiger partial charge in [0.25, 0.3) is 0 Å². The quantitative estimate of drug-likeness (QED) is 0.844. The van der Waals surface area contributed by atoms with Crippen molar-refractivity contribution < 1.29 is 4.74 Å². The first-order chi connectivity index (χ1) is 9.55. The molecule has 1 unspecified atom stereocenters. The topological polar surface area (TPSA) is 21.3 Å². The second-order valence-electron chi connectivity index (χ2n) is 4.64. The zero-order chi connectivity index (χ0) is 14.7. The zero-order valence-electron chi connectivity index (χ0n) is 11.7. The molecular weight excluding hydrogens is 313 g/mol. The van der Waals surface area contributed by atoms with E-state index in [1.807, 2.05) is 25.2 Å². The summed E-state index contributed by atoms with van der Waals surface area (Å²) in [6, 6.07) is 8.23. The Morgan fingerprint density at radius 1 is 1.30 bits per heavy atom. The van der Waals surface area contributed by atoms with Crippen LogP contribution in [0.2, 0.25) is 8.67 Å². The molecule has 0 fully saturated rings. The summed E-state index contributed by atoms with van der Waals surface area (Å²) >= 11 is 13.7. The molecule has 0 amide bonds. The largest absolute Gasteiger partial charge is 0.496 e. The molecule has 0 aliphatic carbocycles. The lowest BCUT2D eigenvalue weighted by molar-refractivity contribution is 0.406. The molecule has 2 rings (SSSR count). The Bertz CT molecular complexity index is 598. The first kappa shape index (κ1) is 15.6. The molecule has 0 spiro atoms. The Hall–Kier alpha value is -0.740. The highest BCUT2D eigenvalue weighted by Gasteiger charge is 2.18. The molecule has 1 aromatic carbocycles. The van der Waals surface area contributed by atoms with Gasteiger partial charge in [0.05, 0.1) is 15.8 Å². The molecule has 1 N–H and O–H groups in total. The van der Waals surface area contributed by atoms with E-state index in [-0.39, 0.29) is 6.04 Å². The maximum absolute atomic E-state index is 6.25. The predicted molar refractivity (Wildman–Crippen MR) is 87.6 cm³/mol. The van der Waals surface area contributed by atoms with Crippen molar-refractivity contribution in [3.8, 4) is 5.75 Å². The van der Waals surface area contributed by atoms with E-state index in [1.54, 1.807) is 7.11 Å². The van der Waals surface area contributed by atoms with Gasteiger partial charge in [-0.05, 0) is 38.1 Å². The monoisotopic (exact) mass is 329 g/mol. The molecule has 0 saturated heterocycles. The minimum absolute atomic E-state index is 0.113. The second-order valence-corrected chi connectivity index (χ2v) is 6.93. The maximum Gasteiger partial charge on any atom is 0.122 e. The van der Waals surface area contributed by atoms with Crippen LogP contribution in [0.1, 0.15) is 22.7 Å². The minimum atomic E-state index is 0.113. The Balaban J connectivity index is 2.31. The minimum Gasteiger partial charge on any atom is -0.496 e. The van der Waals surface area contributed by atoms with Crippen LogP contribution < -0.4 is 10.1 Å². The van der Waals surface area contributed by atoms with Crippen LogP contribution in [0.15, 0.2) is 24.3 Å². The lowest BCUT2D eigenvalue weighted by Crippen LogP contribution is -2.19. The highest BCUT2D eigenvalue weighted by Crippen LogP contribution is 2.37. The van der Waals surface area contributed by atoms with Gasteiger partial charge in [-0.1, -0.05) is 40.9 Å². The van der Waals surface area contributed by atoms with E-state index in [9.17, 15) is 0 Å². The van der Waals surface area contributed by atoms with Gasteiger partial charge >= 0.3 is 0 Å². The van der Waals surface area contributed by atoms with Crippen molar-refractivity contribution in [1.82, 2.24) is 5.32 Å². The molecule has 0 saturated carbocycles. The van der Waals surface area contributed by atoms with Crippen molar-refractivity contribution in [2.24, 2.45) is 0 Å². The number of thiophene rings is 1. The first-order valence-electron chi connectivity index (χ1n) is 6.30. The fourth-order valence-corrected chi connectivity index (χ4v) is 3.82. The lowest BCUT2D eigenvalue weighted by atomic mass is 9.99. The third-order valence-electron chi connectivity index (χ3n) is 3.27. The van der Waals surface area contributed by atoms with Crippen molar-refractivity contribution in [1.29, 1.82) is 0 Å². The molecule has 1 aromatic heterocycles. The Labute approximate surface area is 133 Å². The summed E-state index contributed by atoms with van der Waals surface area (Å²) in [5.41, 5.74) is 3.41. The van der Waals surface area contributed by atoms with Crippen LogP contribution in [0, 0.1) is 6.92 Å². The molecule has 1 atom stereocenters. The van der Waals surface area contributed by atoms with Gasteiger partial charge in [-0.25, -0.2) is 0 Å². The number of aryl methyl sites for hydroxylation is 1. The molecule has 2 aromatic rings. The van der Waals surface area contributed by atoms with Crippen molar-refractivity contribution in [2.75, 3.05) is 14.2 Å². The highest BCUT2D eigenvalue weighted by molar-refractivity contribution is 7.20. The smallest absolute Gasteiger partial charge is 0.122 e. The van der Waals surface area contributed by atoms with E-state index < -0.39 is 0 Å². The molecule has 0 aliphatic rings. The van der Waals surface area contributed by atoms with Gasteiger partial charge in [0.15, 0.2) is 0 Å². The molecule has 0 aliphatic heterocycles. The number of methoxy groups -OCH3 is 1. The highest BCUT2D eigenvalue weighted by atomic mass is 35.5. The van der Waals surface area contributed by atoms with Crippen LogP contribution in [0.3, 0.4) is 0 Å². The Morgan fingerprint density at radius 2 is 2.05 bits per heavy atom. The molecule has 2 nitrogen and oxygen atoms in total. The number of rotatable bonds is 5. The Kier molecular flexibility index (Phi) is 5.33. The van der Waals surface area contributed by atoms with E-state index >= 15 is 0 Å². The number of likely N-dealkylation sites (N-methyl/N-ethyl adjacent to an activating group) is 1. The third-order valence-corrected chi connectivity index (χ3v) is 4.78. The third kappa shape index (κ3) is 3.47. The van der Waals surface area contributed by atoms with Crippen LogP contribution >= 0.6 is 34.5 Å². The van der Waals surface area contributed by atoms with Crippen molar-refractivity contribution in [3.05, 3.63) is 49.6 Å². The van der Waals surface area contributed by atoms with Crippen LogP contribution in [-0.4, -0.2) is 14.2 Å². The van der Waals surface area contributed by atoms with Crippen LogP contribution in [-0.2, 0) is 6.42 Å². The fourth-order valence-electron chi connectivity index (χ4n) is 2.24. The lowest BCUT2D eigenvalue weighted by Gasteiger charge is -2.18. The summed E-state index contributed by atoms with van der Waals surface area (Å²) in [4.78, 5) is 0. The van der Waals surface area contributed by atoms with Crippen LogP contribution in [0.5, 0.6) is 5.75 Å². The van der Waals surface area contributed by atoms with Gasteiger partial charge in [0, 0.05) is 11.6 Å². The summed E-state index contributed by atoms with van der Waals surface area (Å²) in [5, 5.41) is 3.30. The first-order valence-corrected chi connectivity index (χ1v) is 7.88.